The van der Waals surface area contributed by atoms with E-state index >= 15 is 0 Å². The molecular weight excluding hydrogens is 250 g/mol. The highest BCUT2D eigenvalue weighted by atomic mass is 15.1. The topological polar surface area (TPSA) is 76.7 Å². The second-order valence-electron chi connectivity index (χ2n) is 5.91. The van der Waals surface area contributed by atoms with Gasteiger partial charge < -0.3 is 11.1 Å². The summed E-state index contributed by atoms with van der Waals surface area (Å²) in [5.41, 5.74) is 7.51. The first kappa shape index (κ1) is 13.2. The molecule has 0 bridgehead atoms. The van der Waals surface area contributed by atoms with Gasteiger partial charge >= 0.3 is 0 Å². The van der Waals surface area contributed by atoms with Crippen LogP contribution in [0.4, 0.5) is 5.82 Å². The smallest absolute Gasteiger partial charge is 0.180 e. The molecule has 1 saturated carbocycles. The molecule has 1 fully saturated rings. The number of hydrogen-bond donors (Lipinski definition) is 2. The SMILES string of the molecule is CC1CCCC(CN)(Nc2ccc3nccnc3n2)C1. The number of nitrogens with one attached hydrogen (secondary N) is 1. The quantitative estimate of drug-likeness (QED) is 0.896. The predicted molar refractivity (Wildman–Crippen MR) is 80.4 cm³/mol. The van der Waals surface area contributed by atoms with E-state index in [2.05, 4.69) is 27.2 Å². The number of pyridine rings is 1. The monoisotopic (exact) mass is 271 g/mol. The Kier molecular flexibility index (Phi) is 3.53. The minimum atomic E-state index is -0.0272. The fourth-order valence-corrected chi connectivity index (χ4v) is 3.21. The Morgan fingerprint density at radius 3 is 3.00 bits per heavy atom. The zero-order chi connectivity index (χ0) is 14.0. The number of fused-ring (bicyclic) bond motifs is 1. The molecule has 5 heteroatoms. The maximum Gasteiger partial charge on any atom is 0.180 e. The summed E-state index contributed by atoms with van der Waals surface area (Å²) in [4.78, 5) is 13.0. The number of hydrogen-bond acceptors (Lipinski definition) is 5. The van der Waals surface area contributed by atoms with Crippen molar-refractivity contribution in [3.05, 3.63) is 24.5 Å². The van der Waals surface area contributed by atoms with Crippen molar-refractivity contribution < 1.29 is 0 Å². The Labute approximate surface area is 119 Å². The van der Waals surface area contributed by atoms with Crippen LogP contribution in [0.3, 0.4) is 0 Å². The minimum absolute atomic E-state index is 0.0272. The molecule has 0 aromatic carbocycles. The predicted octanol–water partition coefficient (Wildman–Crippen LogP) is 2.34. The third-order valence-corrected chi connectivity index (χ3v) is 4.21. The Morgan fingerprint density at radius 2 is 2.20 bits per heavy atom. The van der Waals surface area contributed by atoms with E-state index in [-0.39, 0.29) is 5.54 Å². The average Bonchev–Trinajstić information content (AvgIpc) is 2.47. The van der Waals surface area contributed by atoms with Crippen LogP contribution in [-0.2, 0) is 0 Å². The first-order chi connectivity index (χ1) is 9.71. The van der Waals surface area contributed by atoms with Gasteiger partial charge in [-0.2, -0.15) is 0 Å². The molecule has 0 amide bonds. The van der Waals surface area contributed by atoms with E-state index in [4.69, 9.17) is 5.73 Å². The lowest BCUT2D eigenvalue weighted by atomic mass is 9.76. The van der Waals surface area contributed by atoms with Crippen molar-refractivity contribution in [3.8, 4) is 0 Å². The summed E-state index contributed by atoms with van der Waals surface area (Å²) in [6.45, 7) is 2.93. The molecule has 0 aliphatic heterocycles. The molecule has 2 atom stereocenters. The van der Waals surface area contributed by atoms with Gasteiger partial charge in [0.1, 0.15) is 11.3 Å². The van der Waals surface area contributed by atoms with Gasteiger partial charge in [0.15, 0.2) is 5.65 Å². The number of nitrogens with two attached hydrogens (primary N) is 1. The summed E-state index contributed by atoms with van der Waals surface area (Å²) in [6.07, 6.45) is 8.07. The van der Waals surface area contributed by atoms with Crippen LogP contribution in [0.15, 0.2) is 24.5 Å². The standard InChI is InChI=1S/C15H21N5/c1-11-3-2-6-15(9-11,10-16)20-13-5-4-12-14(19-13)18-8-7-17-12/h4-5,7-8,11H,2-3,6,9-10,16H2,1H3,(H,18,19,20). The summed E-state index contributed by atoms with van der Waals surface area (Å²) < 4.78 is 0. The first-order valence-electron chi connectivity index (χ1n) is 7.27. The molecule has 1 aliphatic rings. The number of anilines is 1. The van der Waals surface area contributed by atoms with Crippen LogP contribution in [0.1, 0.15) is 32.6 Å². The molecule has 2 aromatic rings. The van der Waals surface area contributed by atoms with E-state index in [1.54, 1.807) is 12.4 Å². The van der Waals surface area contributed by atoms with Crippen LogP contribution in [0, 0.1) is 5.92 Å². The summed E-state index contributed by atoms with van der Waals surface area (Å²) in [7, 11) is 0. The zero-order valence-corrected chi connectivity index (χ0v) is 11.8. The zero-order valence-electron chi connectivity index (χ0n) is 11.8. The molecule has 106 valence electrons. The number of aromatic nitrogens is 3. The molecule has 2 aromatic heterocycles. The molecule has 0 radical (unpaired) electrons. The van der Waals surface area contributed by atoms with Crippen molar-refractivity contribution in [1.82, 2.24) is 15.0 Å². The number of nitrogens with zero attached hydrogens (tertiary/aromatic N) is 3. The maximum atomic E-state index is 6.04. The summed E-state index contributed by atoms with van der Waals surface area (Å²) in [5.74, 6) is 1.55. The average molecular weight is 271 g/mol. The van der Waals surface area contributed by atoms with Gasteiger partial charge in [-0.05, 0) is 30.9 Å². The van der Waals surface area contributed by atoms with Gasteiger partial charge in [-0.3, -0.25) is 4.98 Å². The molecule has 0 saturated heterocycles. The molecule has 5 nitrogen and oxygen atoms in total. The van der Waals surface area contributed by atoms with E-state index in [9.17, 15) is 0 Å². The molecule has 0 spiro atoms. The fourth-order valence-electron chi connectivity index (χ4n) is 3.21. The van der Waals surface area contributed by atoms with Crippen LogP contribution in [0.2, 0.25) is 0 Å². The van der Waals surface area contributed by atoms with Gasteiger partial charge in [0.25, 0.3) is 0 Å². The van der Waals surface area contributed by atoms with Crippen LogP contribution < -0.4 is 11.1 Å². The fraction of sp³-hybridized carbons (Fsp3) is 0.533. The van der Waals surface area contributed by atoms with E-state index in [1.807, 2.05) is 12.1 Å². The maximum absolute atomic E-state index is 6.04. The first-order valence-corrected chi connectivity index (χ1v) is 7.27. The normalized spacial score (nSPS) is 26.6. The highest BCUT2D eigenvalue weighted by molar-refractivity contribution is 5.71. The molecular formula is C15H21N5. The van der Waals surface area contributed by atoms with Crippen molar-refractivity contribution in [2.45, 2.75) is 38.1 Å². The molecule has 1 aliphatic carbocycles. The lowest BCUT2D eigenvalue weighted by molar-refractivity contribution is 0.263. The molecule has 3 rings (SSSR count). The Hall–Kier alpha value is -1.75. The lowest BCUT2D eigenvalue weighted by Crippen LogP contribution is -2.48. The molecule has 2 heterocycles. The summed E-state index contributed by atoms with van der Waals surface area (Å²) >= 11 is 0. The summed E-state index contributed by atoms with van der Waals surface area (Å²) in [6, 6.07) is 3.92. The van der Waals surface area contributed by atoms with Gasteiger partial charge in [-0.1, -0.05) is 19.8 Å². The number of rotatable bonds is 3. The van der Waals surface area contributed by atoms with E-state index in [0.717, 1.165) is 24.2 Å². The molecule has 3 N–H and O–H groups in total. The Bertz CT molecular complexity index is 600. The molecule has 2 unspecified atom stereocenters. The third-order valence-electron chi connectivity index (χ3n) is 4.21. The summed E-state index contributed by atoms with van der Waals surface area (Å²) in [5, 5.41) is 3.56. The van der Waals surface area contributed by atoms with Gasteiger partial charge in [-0.15, -0.1) is 0 Å². The van der Waals surface area contributed by atoms with Crippen LogP contribution in [0.25, 0.3) is 11.2 Å². The van der Waals surface area contributed by atoms with Crippen molar-refractivity contribution in [2.75, 3.05) is 11.9 Å². The Morgan fingerprint density at radius 1 is 1.35 bits per heavy atom. The Balaban J connectivity index is 1.87. The third kappa shape index (κ3) is 2.58. The molecule has 20 heavy (non-hydrogen) atoms. The van der Waals surface area contributed by atoms with Crippen molar-refractivity contribution in [2.24, 2.45) is 11.7 Å². The lowest BCUT2D eigenvalue weighted by Gasteiger charge is -2.40. The van der Waals surface area contributed by atoms with Crippen LogP contribution in [-0.4, -0.2) is 27.0 Å². The largest absolute Gasteiger partial charge is 0.363 e. The van der Waals surface area contributed by atoms with Gasteiger partial charge in [-0.25, -0.2) is 9.97 Å². The minimum Gasteiger partial charge on any atom is -0.363 e. The van der Waals surface area contributed by atoms with Gasteiger partial charge in [0.05, 0.1) is 5.54 Å². The highest BCUT2D eigenvalue weighted by Crippen LogP contribution is 2.34. The van der Waals surface area contributed by atoms with Gasteiger partial charge in [0, 0.05) is 18.9 Å². The van der Waals surface area contributed by atoms with Crippen LogP contribution in [0.5, 0.6) is 0 Å². The second kappa shape index (κ2) is 5.32. The van der Waals surface area contributed by atoms with E-state index < -0.39 is 0 Å². The van der Waals surface area contributed by atoms with E-state index in [1.165, 1.54) is 12.8 Å². The van der Waals surface area contributed by atoms with E-state index in [0.29, 0.717) is 18.1 Å². The van der Waals surface area contributed by atoms with Crippen molar-refractivity contribution >= 4 is 17.0 Å². The highest BCUT2D eigenvalue weighted by Gasteiger charge is 2.33. The van der Waals surface area contributed by atoms with Crippen LogP contribution >= 0.6 is 0 Å². The second-order valence-corrected chi connectivity index (χ2v) is 5.91. The van der Waals surface area contributed by atoms with Crippen molar-refractivity contribution in [3.63, 3.8) is 0 Å². The van der Waals surface area contributed by atoms with Crippen molar-refractivity contribution in [1.29, 1.82) is 0 Å². The van der Waals surface area contributed by atoms with Gasteiger partial charge in [0.2, 0.25) is 0 Å².